The van der Waals surface area contributed by atoms with Crippen molar-refractivity contribution in [1.29, 1.82) is 0 Å². The SMILES string of the molecule is CC(C)CNC1CC1C. The monoisotopic (exact) mass is 127 g/mol. The molecule has 1 aliphatic rings. The van der Waals surface area contributed by atoms with Gasteiger partial charge in [0.15, 0.2) is 0 Å². The highest BCUT2D eigenvalue weighted by Crippen LogP contribution is 2.28. The van der Waals surface area contributed by atoms with Gasteiger partial charge in [0.05, 0.1) is 0 Å². The van der Waals surface area contributed by atoms with E-state index in [1.807, 2.05) is 0 Å². The first kappa shape index (κ1) is 7.07. The topological polar surface area (TPSA) is 12.0 Å². The fraction of sp³-hybridized carbons (Fsp3) is 1.00. The van der Waals surface area contributed by atoms with Gasteiger partial charge in [-0.15, -0.1) is 0 Å². The Kier molecular flexibility index (Phi) is 2.12. The van der Waals surface area contributed by atoms with Crippen LogP contribution in [0.3, 0.4) is 0 Å². The van der Waals surface area contributed by atoms with Gasteiger partial charge in [0, 0.05) is 6.04 Å². The highest BCUT2D eigenvalue weighted by Gasteiger charge is 2.31. The van der Waals surface area contributed by atoms with E-state index in [-0.39, 0.29) is 0 Å². The van der Waals surface area contributed by atoms with E-state index in [0.29, 0.717) is 0 Å². The van der Waals surface area contributed by atoms with Crippen molar-refractivity contribution in [3.8, 4) is 0 Å². The van der Waals surface area contributed by atoms with Crippen molar-refractivity contribution in [2.24, 2.45) is 11.8 Å². The molecule has 1 nitrogen and oxygen atoms in total. The lowest BCUT2D eigenvalue weighted by Crippen LogP contribution is -2.22. The van der Waals surface area contributed by atoms with Crippen LogP contribution in [0.5, 0.6) is 0 Å². The zero-order valence-electron chi connectivity index (χ0n) is 6.65. The minimum Gasteiger partial charge on any atom is -0.313 e. The van der Waals surface area contributed by atoms with Crippen LogP contribution < -0.4 is 5.32 Å². The van der Waals surface area contributed by atoms with Gasteiger partial charge in [0.25, 0.3) is 0 Å². The summed E-state index contributed by atoms with van der Waals surface area (Å²) in [6, 6.07) is 0.854. The van der Waals surface area contributed by atoms with Crippen LogP contribution in [0.4, 0.5) is 0 Å². The predicted octanol–water partition coefficient (Wildman–Crippen LogP) is 1.64. The van der Waals surface area contributed by atoms with Gasteiger partial charge in [0.1, 0.15) is 0 Å². The quantitative estimate of drug-likeness (QED) is 0.607. The standard InChI is InChI=1S/C8H17N/c1-6(2)5-9-8-4-7(8)3/h6-9H,4-5H2,1-3H3. The number of nitrogens with one attached hydrogen (secondary N) is 1. The molecular formula is C8H17N. The molecule has 0 spiro atoms. The fourth-order valence-corrected chi connectivity index (χ4v) is 0.994. The first-order valence-electron chi connectivity index (χ1n) is 3.93. The van der Waals surface area contributed by atoms with Crippen molar-refractivity contribution >= 4 is 0 Å². The van der Waals surface area contributed by atoms with E-state index in [9.17, 15) is 0 Å². The van der Waals surface area contributed by atoms with E-state index in [1.54, 1.807) is 0 Å². The second-order valence-corrected chi connectivity index (χ2v) is 3.62. The maximum atomic E-state index is 3.51. The van der Waals surface area contributed by atoms with Crippen LogP contribution in [0, 0.1) is 11.8 Å². The van der Waals surface area contributed by atoms with Gasteiger partial charge in [-0.3, -0.25) is 0 Å². The summed E-state index contributed by atoms with van der Waals surface area (Å²) in [6.07, 6.45) is 1.40. The molecule has 0 aliphatic heterocycles. The summed E-state index contributed by atoms with van der Waals surface area (Å²) in [5.74, 6) is 1.75. The van der Waals surface area contributed by atoms with E-state index < -0.39 is 0 Å². The van der Waals surface area contributed by atoms with E-state index >= 15 is 0 Å². The highest BCUT2D eigenvalue weighted by molar-refractivity contribution is 4.89. The lowest BCUT2D eigenvalue weighted by Gasteiger charge is -2.04. The van der Waals surface area contributed by atoms with E-state index in [1.165, 1.54) is 13.0 Å². The summed E-state index contributed by atoms with van der Waals surface area (Å²) in [4.78, 5) is 0. The summed E-state index contributed by atoms with van der Waals surface area (Å²) < 4.78 is 0. The molecule has 1 fully saturated rings. The molecule has 0 aromatic heterocycles. The van der Waals surface area contributed by atoms with Crippen LogP contribution in [-0.4, -0.2) is 12.6 Å². The Balaban J connectivity index is 1.94. The number of rotatable bonds is 3. The molecular weight excluding hydrogens is 110 g/mol. The van der Waals surface area contributed by atoms with Crippen molar-refractivity contribution in [3.63, 3.8) is 0 Å². The summed E-state index contributed by atoms with van der Waals surface area (Å²) in [5.41, 5.74) is 0. The summed E-state index contributed by atoms with van der Waals surface area (Å²) in [7, 11) is 0. The fourth-order valence-electron chi connectivity index (χ4n) is 0.994. The van der Waals surface area contributed by atoms with E-state index in [4.69, 9.17) is 0 Å². The Morgan fingerprint density at radius 3 is 2.44 bits per heavy atom. The zero-order valence-corrected chi connectivity index (χ0v) is 6.65. The highest BCUT2D eigenvalue weighted by atomic mass is 15.0. The smallest absolute Gasteiger partial charge is 0.00965 e. The molecule has 1 N–H and O–H groups in total. The Morgan fingerprint density at radius 2 is 2.11 bits per heavy atom. The van der Waals surface area contributed by atoms with Crippen molar-refractivity contribution in [3.05, 3.63) is 0 Å². The third-order valence-corrected chi connectivity index (χ3v) is 1.90. The third-order valence-electron chi connectivity index (χ3n) is 1.90. The van der Waals surface area contributed by atoms with Gasteiger partial charge in [-0.05, 0) is 24.8 Å². The first-order valence-corrected chi connectivity index (χ1v) is 3.93. The van der Waals surface area contributed by atoms with Gasteiger partial charge in [0.2, 0.25) is 0 Å². The van der Waals surface area contributed by atoms with Crippen LogP contribution in [0.25, 0.3) is 0 Å². The number of hydrogen-bond acceptors (Lipinski definition) is 1. The van der Waals surface area contributed by atoms with E-state index in [2.05, 4.69) is 26.1 Å². The van der Waals surface area contributed by atoms with Gasteiger partial charge in [-0.2, -0.15) is 0 Å². The van der Waals surface area contributed by atoms with Crippen molar-refractivity contribution in [2.45, 2.75) is 33.2 Å². The summed E-state index contributed by atoms with van der Waals surface area (Å²) >= 11 is 0. The summed E-state index contributed by atoms with van der Waals surface area (Å²) in [6.45, 7) is 7.99. The molecule has 1 aliphatic carbocycles. The van der Waals surface area contributed by atoms with Gasteiger partial charge >= 0.3 is 0 Å². The molecule has 1 rings (SSSR count). The van der Waals surface area contributed by atoms with Crippen LogP contribution in [0.2, 0.25) is 0 Å². The minimum atomic E-state index is 0.804. The molecule has 54 valence electrons. The van der Waals surface area contributed by atoms with Crippen LogP contribution in [0.1, 0.15) is 27.2 Å². The van der Waals surface area contributed by atoms with Gasteiger partial charge in [-0.25, -0.2) is 0 Å². The van der Waals surface area contributed by atoms with Crippen molar-refractivity contribution < 1.29 is 0 Å². The molecule has 2 unspecified atom stereocenters. The first-order chi connectivity index (χ1) is 4.20. The largest absolute Gasteiger partial charge is 0.313 e. The Bertz CT molecular complexity index is 88.6. The summed E-state index contributed by atoms with van der Waals surface area (Å²) in [5, 5.41) is 3.51. The average molecular weight is 127 g/mol. The average Bonchev–Trinajstić information content (AvgIpc) is 2.42. The molecule has 9 heavy (non-hydrogen) atoms. The van der Waals surface area contributed by atoms with Crippen molar-refractivity contribution in [1.82, 2.24) is 5.32 Å². The Labute approximate surface area is 57.8 Å². The molecule has 1 heteroatoms. The van der Waals surface area contributed by atoms with E-state index in [0.717, 1.165) is 17.9 Å². The lowest BCUT2D eigenvalue weighted by molar-refractivity contribution is 0.538. The molecule has 0 saturated heterocycles. The molecule has 1 saturated carbocycles. The molecule has 0 aromatic rings. The maximum Gasteiger partial charge on any atom is 0.00965 e. The second kappa shape index (κ2) is 2.70. The van der Waals surface area contributed by atoms with Crippen LogP contribution in [-0.2, 0) is 0 Å². The molecule has 0 bridgehead atoms. The predicted molar refractivity (Wildman–Crippen MR) is 40.4 cm³/mol. The van der Waals surface area contributed by atoms with Crippen LogP contribution in [0.15, 0.2) is 0 Å². The minimum absolute atomic E-state index is 0.804. The normalized spacial score (nSPS) is 33.3. The Hall–Kier alpha value is -0.0400. The number of hydrogen-bond donors (Lipinski definition) is 1. The molecule has 0 heterocycles. The van der Waals surface area contributed by atoms with Crippen molar-refractivity contribution in [2.75, 3.05) is 6.54 Å². The molecule has 2 atom stereocenters. The third kappa shape index (κ3) is 2.35. The molecule has 0 aromatic carbocycles. The zero-order chi connectivity index (χ0) is 6.85. The second-order valence-electron chi connectivity index (χ2n) is 3.62. The Morgan fingerprint density at radius 1 is 1.56 bits per heavy atom. The van der Waals surface area contributed by atoms with Crippen LogP contribution >= 0.6 is 0 Å². The molecule has 0 radical (unpaired) electrons. The van der Waals surface area contributed by atoms with Gasteiger partial charge < -0.3 is 5.32 Å². The maximum absolute atomic E-state index is 3.51. The molecule has 0 amide bonds. The lowest BCUT2D eigenvalue weighted by atomic mass is 10.2. The van der Waals surface area contributed by atoms with Gasteiger partial charge in [-0.1, -0.05) is 20.8 Å².